The van der Waals surface area contributed by atoms with E-state index in [1.807, 2.05) is 27.7 Å². The summed E-state index contributed by atoms with van der Waals surface area (Å²) in [6, 6.07) is 3.55. The molecule has 3 N–H and O–H groups in total. The maximum Gasteiger partial charge on any atom is 0.241 e. The van der Waals surface area contributed by atoms with Gasteiger partial charge in [0.2, 0.25) is 10.0 Å². The third-order valence-corrected chi connectivity index (χ3v) is 6.47. The molecule has 2 rings (SSSR count). The molecule has 0 aromatic heterocycles. The third kappa shape index (κ3) is 2.47. The first-order valence-corrected chi connectivity index (χ1v) is 8.42. The highest BCUT2D eigenvalue weighted by Gasteiger charge is 2.66. The fourth-order valence-electron chi connectivity index (χ4n) is 2.68. The maximum absolute atomic E-state index is 13.8. The molecule has 0 amide bonds. The summed E-state index contributed by atoms with van der Waals surface area (Å²) in [5, 5.41) is 0. The molecule has 1 saturated carbocycles. The van der Waals surface area contributed by atoms with Crippen LogP contribution in [0.3, 0.4) is 0 Å². The van der Waals surface area contributed by atoms with E-state index in [-0.39, 0.29) is 32.3 Å². The lowest BCUT2D eigenvalue weighted by atomic mass is 10.0. The average Bonchev–Trinajstić information content (AvgIpc) is 2.70. The van der Waals surface area contributed by atoms with Crippen LogP contribution in [0, 0.1) is 16.6 Å². The molecule has 21 heavy (non-hydrogen) atoms. The molecule has 1 aliphatic carbocycles. The van der Waals surface area contributed by atoms with E-state index in [0.717, 1.165) is 6.07 Å². The number of nitrogens with two attached hydrogens (primary N) is 1. The first kappa shape index (κ1) is 16.3. The van der Waals surface area contributed by atoms with E-state index in [1.165, 1.54) is 12.1 Å². The van der Waals surface area contributed by atoms with Crippen molar-refractivity contribution in [2.45, 2.75) is 38.6 Å². The first-order valence-electron chi connectivity index (χ1n) is 6.53. The molecule has 0 aliphatic heterocycles. The number of nitrogens with one attached hydrogen (secondary N) is 1. The highest BCUT2D eigenvalue weighted by molar-refractivity contribution is 7.89. The quantitative estimate of drug-likeness (QED) is 0.830. The van der Waals surface area contributed by atoms with Crippen molar-refractivity contribution in [3.05, 3.63) is 29.6 Å². The summed E-state index contributed by atoms with van der Waals surface area (Å²) in [5.41, 5.74) is 4.89. The minimum Gasteiger partial charge on any atom is -0.389 e. The predicted molar refractivity (Wildman–Crippen MR) is 84.0 cm³/mol. The summed E-state index contributed by atoms with van der Waals surface area (Å²) in [6.07, 6.45) is 0. The Kier molecular flexibility index (Phi) is 3.67. The number of hydrogen-bond acceptors (Lipinski definition) is 3. The second kappa shape index (κ2) is 4.72. The molecular formula is C14H19FN2O2S2. The van der Waals surface area contributed by atoms with Crippen molar-refractivity contribution in [2.24, 2.45) is 16.6 Å². The molecule has 7 heteroatoms. The summed E-state index contributed by atoms with van der Waals surface area (Å²) < 4.78 is 41.6. The van der Waals surface area contributed by atoms with Gasteiger partial charge in [-0.25, -0.2) is 17.5 Å². The van der Waals surface area contributed by atoms with Crippen LogP contribution in [0.5, 0.6) is 0 Å². The zero-order chi connectivity index (χ0) is 16.2. The van der Waals surface area contributed by atoms with Gasteiger partial charge in [0.15, 0.2) is 0 Å². The van der Waals surface area contributed by atoms with Crippen LogP contribution < -0.4 is 10.5 Å². The van der Waals surface area contributed by atoms with Crippen molar-refractivity contribution in [3.8, 4) is 0 Å². The highest BCUT2D eigenvalue weighted by atomic mass is 32.2. The van der Waals surface area contributed by atoms with Crippen molar-refractivity contribution in [3.63, 3.8) is 0 Å². The molecule has 1 fully saturated rings. The molecule has 0 heterocycles. The summed E-state index contributed by atoms with van der Waals surface area (Å²) in [4.78, 5) is -0.490. The van der Waals surface area contributed by atoms with Crippen LogP contribution in [0.2, 0.25) is 0 Å². The Hall–Kier alpha value is -1.05. The van der Waals surface area contributed by atoms with Crippen LogP contribution in [-0.2, 0) is 10.0 Å². The Labute approximate surface area is 130 Å². The minimum absolute atomic E-state index is 0.170. The van der Waals surface area contributed by atoms with Crippen molar-refractivity contribution in [2.75, 3.05) is 0 Å². The van der Waals surface area contributed by atoms with Crippen molar-refractivity contribution in [1.29, 1.82) is 0 Å². The topological polar surface area (TPSA) is 72.2 Å². The molecule has 1 aliphatic rings. The van der Waals surface area contributed by atoms with Gasteiger partial charge in [-0.15, -0.1) is 0 Å². The summed E-state index contributed by atoms with van der Waals surface area (Å²) in [5.74, 6) is -0.736. The third-order valence-electron chi connectivity index (χ3n) is 4.81. The molecule has 0 spiro atoms. The normalized spacial score (nSPS) is 20.2. The molecule has 0 saturated heterocycles. The smallest absolute Gasteiger partial charge is 0.241 e. The number of hydrogen-bond donors (Lipinski definition) is 2. The number of sulfonamides is 1. The number of rotatable bonds is 4. The Morgan fingerprint density at radius 2 is 1.81 bits per heavy atom. The first-order chi connectivity index (χ1) is 9.43. The number of halogens is 1. The van der Waals surface area contributed by atoms with Gasteiger partial charge < -0.3 is 5.73 Å². The SMILES string of the molecule is CC1(C)C(NS(=O)(=O)c2cccc(F)c2C(N)=S)C1(C)C. The van der Waals surface area contributed by atoms with Gasteiger partial charge in [0.1, 0.15) is 10.8 Å². The van der Waals surface area contributed by atoms with Gasteiger partial charge >= 0.3 is 0 Å². The van der Waals surface area contributed by atoms with Crippen LogP contribution in [0.25, 0.3) is 0 Å². The summed E-state index contributed by atoms with van der Waals surface area (Å²) in [7, 11) is -3.89. The van der Waals surface area contributed by atoms with Gasteiger partial charge in [-0.2, -0.15) is 0 Å². The molecule has 1 aromatic rings. The van der Waals surface area contributed by atoms with Gasteiger partial charge in [-0.05, 0) is 23.0 Å². The van der Waals surface area contributed by atoms with Crippen molar-refractivity contribution < 1.29 is 12.8 Å². The van der Waals surface area contributed by atoms with E-state index in [0.29, 0.717) is 0 Å². The molecule has 0 atom stereocenters. The number of thiocarbonyl (C=S) groups is 1. The van der Waals surface area contributed by atoms with E-state index >= 15 is 0 Å². The van der Waals surface area contributed by atoms with Crippen LogP contribution in [0.4, 0.5) is 4.39 Å². The number of benzene rings is 1. The van der Waals surface area contributed by atoms with E-state index in [9.17, 15) is 12.8 Å². The van der Waals surface area contributed by atoms with Gasteiger partial charge in [0.05, 0.1) is 10.5 Å². The molecule has 0 bridgehead atoms. The zero-order valence-corrected chi connectivity index (χ0v) is 14.0. The molecule has 116 valence electrons. The van der Waals surface area contributed by atoms with E-state index < -0.39 is 15.8 Å². The van der Waals surface area contributed by atoms with Crippen LogP contribution >= 0.6 is 12.2 Å². The zero-order valence-electron chi connectivity index (χ0n) is 12.4. The summed E-state index contributed by atoms with van der Waals surface area (Å²) in [6.45, 7) is 7.95. The van der Waals surface area contributed by atoms with E-state index in [1.54, 1.807) is 0 Å². The van der Waals surface area contributed by atoms with Gasteiger partial charge in [0.25, 0.3) is 0 Å². The Morgan fingerprint density at radius 3 is 2.24 bits per heavy atom. The standard InChI is InChI=1S/C14H19FN2O2S2/c1-13(2)12(14(13,3)4)17-21(18,19)9-7-5-6-8(15)10(9)11(16)20/h5-7,12,17H,1-4H3,(H2,16,20). The lowest BCUT2D eigenvalue weighted by Crippen LogP contribution is -2.32. The molecule has 1 aromatic carbocycles. The predicted octanol–water partition coefficient (Wildman–Crippen LogP) is 2.17. The monoisotopic (exact) mass is 330 g/mol. The Morgan fingerprint density at radius 1 is 1.29 bits per heavy atom. The summed E-state index contributed by atoms with van der Waals surface area (Å²) >= 11 is 4.77. The molecule has 4 nitrogen and oxygen atoms in total. The van der Waals surface area contributed by atoms with Crippen LogP contribution in [0.15, 0.2) is 23.1 Å². The Balaban J connectivity index is 2.44. The van der Waals surface area contributed by atoms with Crippen LogP contribution in [-0.4, -0.2) is 19.4 Å². The van der Waals surface area contributed by atoms with Crippen LogP contribution in [0.1, 0.15) is 33.3 Å². The largest absolute Gasteiger partial charge is 0.389 e. The van der Waals surface area contributed by atoms with Gasteiger partial charge in [0, 0.05) is 6.04 Å². The second-order valence-electron chi connectivity index (χ2n) is 6.47. The molecular weight excluding hydrogens is 311 g/mol. The fraction of sp³-hybridized carbons (Fsp3) is 0.500. The highest BCUT2D eigenvalue weighted by Crippen LogP contribution is 2.62. The maximum atomic E-state index is 13.8. The average molecular weight is 330 g/mol. The fourth-order valence-corrected chi connectivity index (χ4v) is 4.71. The lowest BCUT2D eigenvalue weighted by molar-refractivity contribution is 0.457. The van der Waals surface area contributed by atoms with Gasteiger partial charge in [-0.3, -0.25) is 0 Å². The van der Waals surface area contributed by atoms with E-state index in [4.69, 9.17) is 18.0 Å². The van der Waals surface area contributed by atoms with E-state index in [2.05, 4.69) is 4.72 Å². The van der Waals surface area contributed by atoms with Crippen molar-refractivity contribution >= 4 is 27.2 Å². The lowest BCUT2D eigenvalue weighted by Gasteiger charge is -2.12. The molecule has 0 radical (unpaired) electrons. The van der Waals surface area contributed by atoms with Gasteiger partial charge in [-0.1, -0.05) is 46.0 Å². The Bertz CT molecular complexity index is 698. The second-order valence-corrected chi connectivity index (χ2v) is 8.60. The minimum atomic E-state index is -3.89. The van der Waals surface area contributed by atoms with Crippen molar-refractivity contribution in [1.82, 2.24) is 4.72 Å². The molecule has 0 unspecified atom stereocenters.